The van der Waals surface area contributed by atoms with Gasteiger partial charge in [-0.25, -0.2) is 27.2 Å². The van der Waals surface area contributed by atoms with Crippen molar-refractivity contribution < 1.29 is 46.9 Å². The summed E-state index contributed by atoms with van der Waals surface area (Å²) in [6.07, 6.45) is 1.41. The molecule has 0 radical (unpaired) electrons. The fourth-order valence-electron chi connectivity index (χ4n) is 3.07. The summed E-state index contributed by atoms with van der Waals surface area (Å²) in [5, 5.41) is 14.8. The van der Waals surface area contributed by atoms with Crippen LogP contribution in [0.4, 0.5) is 9.18 Å². The number of rotatable bonds is 6. The summed E-state index contributed by atoms with van der Waals surface area (Å²) < 4.78 is 47.8. The lowest BCUT2D eigenvalue weighted by Gasteiger charge is -2.38. The molecule has 2 rings (SSSR count). The molecule has 1 fully saturated rings. The van der Waals surface area contributed by atoms with Gasteiger partial charge in [-0.15, -0.1) is 0 Å². The zero-order valence-corrected chi connectivity index (χ0v) is 21.3. The van der Waals surface area contributed by atoms with Crippen LogP contribution in [0.3, 0.4) is 0 Å². The number of carbonyl (C=O) groups excluding carboxylic acids is 1. The molecule has 11 nitrogen and oxygen atoms in total. The molecule has 2 N–H and O–H groups in total. The van der Waals surface area contributed by atoms with Crippen LogP contribution in [0.5, 0.6) is 5.75 Å². The van der Waals surface area contributed by atoms with Crippen LogP contribution in [-0.2, 0) is 24.2 Å². The van der Waals surface area contributed by atoms with E-state index in [1.807, 2.05) is 20.8 Å². The Balaban J connectivity index is 0.000000905. The Hall–Kier alpha value is -2.93. The number of carbonyl (C=O) groups is 3. The van der Waals surface area contributed by atoms with Crippen LogP contribution in [0.1, 0.15) is 34.1 Å². The number of aliphatic carboxylic acids is 2. The molecule has 1 amide bonds. The van der Waals surface area contributed by atoms with Gasteiger partial charge in [-0.2, -0.15) is 0 Å². The first-order valence-electron chi connectivity index (χ1n) is 10.8. The standard InChI is InChI=1S/C20H31FN2O5S.C2H2O4/c1-15(22-9-11-23(12-10-22)19(24)28-20(2,3)4)8-13-27-16-6-7-18(17(21)14-16)29(5,25)26;3-1(4)2(5)6/h6-7,14-15H,8-13H2,1-5H3;(H,3,4)(H,5,6). The van der Waals surface area contributed by atoms with Crippen LogP contribution in [0.15, 0.2) is 23.1 Å². The van der Waals surface area contributed by atoms with E-state index in [4.69, 9.17) is 29.3 Å². The fraction of sp³-hybridized carbons (Fsp3) is 0.591. The molecule has 198 valence electrons. The predicted molar refractivity (Wildman–Crippen MR) is 124 cm³/mol. The second-order valence-corrected chi connectivity index (χ2v) is 10.9. The molecule has 1 saturated heterocycles. The molecular formula is C22H33FN2O9S. The topological polar surface area (TPSA) is 151 Å². The SMILES string of the molecule is CC(CCOc1ccc(S(C)(=O)=O)c(F)c1)N1CCN(C(=O)OC(C)(C)C)CC1.O=C(O)C(=O)O. The van der Waals surface area contributed by atoms with E-state index in [9.17, 15) is 17.6 Å². The molecule has 0 aromatic heterocycles. The van der Waals surface area contributed by atoms with Crippen molar-refractivity contribution in [2.75, 3.05) is 39.0 Å². The summed E-state index contributed by atoms with van der Waals surface area (Å²) in [5.74, 6) is -4.15. The van der Waals surface area contributed by atoms with E-state index in [2.05, 4.69) is 11.8 Å². The Morgan fingerprint density at radius 3 is 2.06 bits per heavy atom. The number of halogens is 1. The van der Waals surface area contributed by atoms with Gasteiger partial charge in [0.15, 0.2) is 9.84 Å². The molecule has 1 aromatic rings. The molecule has 0 spiro atoms. The monoisotopic (exact) mass is 520 g/mol. The Morgan fingerprint density at radius 2 is 1.63 bits per heavy atom. The fourth-order valence-corrected chi connectivity index (χ4v) is 3.80. The summed E-state index contributed by atoms with van der Waals surface area (Å²) in [5.41, 5.74) is -0.502. The number of sulfone groups is 1. The van der Waals surface area contributed by atoms with Crippen molar-refractivity contribution in [3.05, 3.63) is 24.0 Å². The van der Waals surface area contributed by atoms with E-state index in [0.717, 1.165) is 31.8 Å². The van der Waals surface area contributed by atoms with Gasteiger partial charge in [0, 0.05) is 44.5 Å². The normalized spacial score (nSPS) is 15.4. The van der Waals surface area contributed by atoms with Crippen LogP contribution >= 0.6 is 0 Å². The Bertz CT molecular complexity index is 989. The van der Waals surface area contributed by atoms with Crippen LogP contribution in [0.2, 0.25) is 0 Å². The zero-order valence-electron chi connectivity index (χ0n) is 20.5. The van der Waals surface area contributed by atoms with Crippen LogP contribution in [-0.4, -0.2) is 97.1 Å². The van der Waals surface area contributed by atoms with Gasteiger partial charge >= 0.3 is 18.0 Å². The maximum absolute atomic E-state index is 13.9. The molecule has 13 heteroatoms. The maximum Gasteiger partial charge on any atom is 0.414 e. The van der Waals surface area contributed by atoms with Crippen molar-refractivity contribution >= 4 is 27.9 Å². The van der Waals surface area contributed by atoms with E-state index in [1.165, 1.54) is 12.1 Å². The number of hydrogen-bond donors (Lipinski definition) is 2. The molecule has 0 bridgehead atoms. The molecule has 0 aliphatic carbocycles. The smallest absolute Gasteiger partial charge is 0.414 e. The van der Waals surface area contributed by atoms with Gasteiger partial charge in [-0.1, -0.05) is 0 Å². The first kappa shape index (κ1) is 30.1. The van der Waals surface area contributed by atoms with Crippen molar-refractivity contribution in [2.24, 2.45) is 0 Å². The van der Waals surface area contributed by atoms with Gasteiger partial charge in [0.1, 0.15) is 22.1 Å². The summed E-state index contributed by atoms with van der Waals surface area (Å²) in [6.45, 7) is 10.7. The van der Waals surface area contributed by atoms with Crippen LogP contribution < -0.4 is 4.74 Å². The van der Waals surface area contributed by atoms with Crippen LogP contribution in [0.25, 0.3) is 0 Å². The number of nitrogens with zero attached hydrogens (tertiary/aromatic N) is 2. The minimum atomic E-state index is -3.59. The molecule has 1 atom stereocenters. The third-order valence-corrected chi connectivity index (χ3v) is 6.01. The van der Waals surface area contributed by atoms with E-state index >= 15 is 0 Å². The third-order valence-electron chi connectivity index (χ3n) is 4.88. The number of ether oxygens (including phenoxy) is 2. The number of carboxylic acids is 2. The lowest BCUT2D eigenvalue weighted by Crippen LogP contribution is -2.52. The Labute approximate surface area is 204 Å². The number of piperazine rings is 1. The van der Waals surface area contributed by atoms with Gasteiger partial charge in [0.25, 0.3) is 0 Å². The highest BCUT2D eigenvalue weighted by Crippen LogP contribution is 2.21. The largest absolute Gasteiger partial charge is 0.493 e. The van der Waals surface area contributed by atoms with Crippen molar-refractivity contribution in [1.29, 1.82) is 0 Å². The highest BCUT2D eigenvalue weighted by Gasteiger charge is 2.27. The first-order chi connectivity index (χ1) is 16.0. The number of hydrogen-bond acceptors (Lipinski definition) is 8. The summed E-state index contributed by atoms with van der Waals surface area (Å²) >= 11 is 0. The second kappa shape index (κ2) is 12.7. The Kier molecular flexibility index (Phi) is 10.9. The third kappa shape index (κ3) is 10.9. The van der Waals surface area contributed by atoms with E-state index in [0.29, 0.717) is 25.4 Å². The van der Waals surface area contributed by atoms with Crippen LogP contribution in [0, 0.1) is 5.82 Å². The van der Waals surface area contributed by atoms with E-state index in [1.54, 1.807) is 4.90 Å². The molecule has 1 aliphatic rings. The van der Waals surface area contributed by atoms with Crippen molar-refractivity contribution in [3.63, 3.8) is 0 Å². The highest BCUT2D eigenvalue weighted by atomic mass is 32.2. The molecule has 0 saturated carbocycles. The quantitative estimate of drug-likeness (QED) is 0.534. The van der Waals surface area contributed by atoms with Gasteiger partial charge < -0.3 is 24.6 Å². The number of benzene rings is 1. The number of carboxylic acid groups (broad SMARTS) is 2. The first-order valence-corrected chi connectivity index (χ1v) is 12.7. The van der Waals surface area contributed by atoms with E-state index < -0.39 is 33.2 Å². The average Bonchev–Trinajstić information content (AvgIpc) is 2.72. The zero-order chi connectivity index (χ0) is 27.0. The van der Waals surface area contributed by atoms with E-state index in [-0.39, 0.29) is 17.0 Å². The average molecular weight is 521 g/mol. The molecular weight excluding hydrogens is 487 g/mol. The minimum absolute atomic E-state index is 0.232. The van der Waals surface area contributed by atoms with Crippen molar-refractivity contribution in [2.45, 2.75) is 50.7 Å². The van der Waals surface area contributed by atoms with Crippen molar-refractivity contribution in [3.8, 4) is 5.75 Å². The predicted octanol–water partition coefficient (Wildman–Crippen LogP) is 2.09. The van der Waals surface area contributed by atoms with Crippen molar-refractivity contribution in [1.82, 2.24) is 9.80 Å². The highest BCUT2D eigenvalue weighted by molar-refractivity contribution is 7.90. The minimum Gasteiger partial charge on any atom is -0.493 e. The van der Waals surface area contributed by atoms with Gasteiger partial charge in [0.2, 0.25) is 0 Å². The summed E-state index contributed by atoms with van der Waals surface area (Å²) in [4.78, 5) is 34.0. The van der Waals surface area contributed by atoms with Gasteiger partial charge in [-0.3, -0.25) is 4.90 Å². The second-order valence-electron chi connectivity index (χ2n) is 8.96. The molecule has 1 aromatic carbocycles. The molecule has 1 aliphatic heterocycles. The summed E-state index contributed by atoms with van der Waals surface area (Å²) in [6, 6.07) is 4.01. The molecule has 1 unspecified atom stereocenters. The summed E-state index contributed by atoms with van der Waals surface area (Å²) in [7, 11) is -3.59. The molecule has 1 heterocycles. The molecule has 35 heavy (non-hydrogen) atoms. The number of amides is 1. The Morgan fingerprint density at radius 1 is 1.09 bits per heavy atom. The lowest BCUT2D eigenvalue weighted by atomic mass is 10.2. The van der Waals surface area contributed by atoms with Gasteiger partial charge in [-0.05, 0) is 46.2 Å². The lowest BCUT2D eigenvalue weighted by molar-refractivity contribution is -0.159. The van der Waals surface area contributed by atoms with Gasteiger partial charge in [0.05, 0.1) is 6.61 Å². The maximum atomic E-state index is 13.9.